The van der Waals surface area contributed by atoms with E-state index < -0.39 is 11.6 Å². The van der Waals surface area contributed by atoms with Crippen molar-refractivity contribution >= 4 is 0 Å². The third kappa shape index (κ3) is 2.88. The molecule has 2 aromatic rings. The molecule has 1 aromatic carbocycles. The lowest BCUT2D eigenvalue weighted by molar-refractivity contribution is 0.431. The Labute approximate surface area is 110 Å². The van der Waals surface area contributed by atoms with Crippen LogP contribution in [0.15, 0.2) is 24.3 Å². The third-order valence-corrected chi connectivity index (χ3v) is 2.74. The van der Waals surface area contributed by atoms with Gasteiger partial charge in [-0.3, -0.25) is 4.98 Å². The second kappa shape index (κ2) is 5.32. The molecule has 0 fully saturated rings. The normalized spacial score (nSPS) is 10.6. The number of pyridine rings is 1. The van der Waals surface area contributed by atoms with Crippen LogP contribution < -0.4 is 10.5 Å². The van der Waals surface area contributed by atoms with E-state index in [1.807, 2.05) is 0 Å². The predicted octanol–water partition coefficient (Wildman–Crippen LogP) is 3.23. The molecule has 0 saturated heterocycles. The van der Waals surface area contributed by atoms with Crippen LogP contribution >= 0.6 is 0 Å². The van der Waals surface area contributed by atoms with E-state index in [9.17, 15) is 8.78 Å². The average Bonchev–Trinajstić information content (AvgIpc) is 2.33. The van der Waals surface area contributed by atoms with Gasteiger partial charge in [-0.2, -0.15) is 0 Å². The highest BCUT2D eigenvalue weighted by atomic mass is 19.1. The summed E-state index contributed by atoms with van der Waals surface area (Å²) in [5.74, 6) is -0.957. The molecule has 0 aliphatic heterocycles. The first-order valence-electron chi connectivity index (χ1n) is 5.81. The minimum atomic E-state index is -0.628. The van der Waals surface area contributed by atoms with E-state index >= 15 is 0 Å². The van der Waals surface area contributed by atoms with Crippen LogP contribution in [0, 0.1) is 25.5 Å². The van der Waals surface area contributed by atoms with Gasteiger partial charge in [0, 0.05) is 35.6 Å². The van der Waals surface area contributed by atoms with Gasteiger partial charge in [-0.25, -0.2) is 8.78 Å². The molecule has 0 aliphatic carbocycles. The summed E-state index contributed by atoms with van der Waals surface area (Å²) in [7, 11) is 0. The zero-order chi connectivity index (χ0) is 14.0. The molecule has 0 unspecified atom stereocenters. The van der Waals surface area contributed by atoms with Crippen molar-refractivity contribution in [2.75, 3.05) is 0 Å². The number of rotatable bonds is 3. The van der Waals surface area contributed by atoms with Crippen LogP contribution in [-0.2, 0) is 6.54 Å². The molecule has 0 radical (unpaired) electrons. The lowest BCUT2D eigenvalue weighted by Crippen LogP contribution is -2.05. The van der Waals surface area contributed by atoms with Crippen LogP contribution in [0.5, 0.6) is 11.5 Å². The highest BCUT2D eigenvalue weighted by molar-refractivity contribution is 5.41. The van der Waals surface area contributed by atoms with E-state index in [-0.39, 0.29) is 12.3 Å². The predicted molar refractivity (Wildman–Crippen MR) is 68.0 cm³/mol. The summed E-state index contributed by atoms with van der Waals surface area (Å²) >= 11 is 0. The Kier molecular flexibility index (Phi) is 3.76. The molecule has 2 N–H and O–H groups in total. The maximum atomic E-state index is 13.6. The Balaban J connectivity index is 2.45. The van der Waals surface area contributed by atoms with Gasteiger partial charge >= 0.3 is 0 Å². The second-order valence-electron chi connectivity index (χ2n) is 4.21. The molecule has 0 spiro atoms. The van der Waals surface area contributed by atoms with E-state index in [0.717, 1.165) is 23.9 Å². The van der Waals surface area contributed by atoms with E-state index in [1.165, 1.54) is 0 Å². The highest BCUT2D eigenvalue weighted by Gasteiger charge is 2.12. The minimum absolute atomic E-state index is 0.167. The number of nitrogens with two attached hydrogens (primary N) is 1. The first kappa shape index (κ1) is 13.4. The van der Waals surface area contributed by atoms with Crippen LogP contribution in [0.25, 0.3) is 0 Å². The van der Waals surface area contributed by atoms with Crippen molar-refractivity contribution in [1.29, 1.82) is 0 Å². The lowest BCUT2D eigenvalue weighted by Gasteiger charge is -2.13. The molecule has 0 saturated carbocycles. The van der Waals surface area contributed by atoms with Gasteiger partial charge in [-0.05, 0) is 26.0 Å². The van der Waals surface area contributed by atoms with Crippen molar-refractivity contribution in [2.45, 2.75) is 20.4 Å². The summed E-state index contributed by atoms with van der Waals surface area (Å²) in [6, 6.07) is 4.71. The van der Waals surface area contributed by atoms with Crippen LogP contribution in [0.2, 0.25) is 0 Å². The van der Waals surface area contributed by atoms with Gasteiger partial charge < -0.3 is 10.5 Å². The molecule has 0 aliphatic rings. The number of aryl methyl sites for hydroxylation is 2. The zero-order valence-corrected chi connectivity index (χ0v) is 10.7. The Morgan fingerprint density at radius 2 is 1.89 bits per heavy atom. The molecule has 100 valence electrons. The molecule has 0 bridgehead atoms. The number of ether oxygens (including phenoxy) is 1. The summed E-state index contributed by atoms with van der Waals surface area (Å²) in [4.78, 5) is 4.26. The second-order valence-corrected chi connectivity index (χ2v) is 4.21. The molecule has 0 amide bonds. The van der Waals surface area contributed by atoms with Crippen LogP contribution in [0.4, 0.5) is 8.78 Å². The van der Waals surface area contributed by atoms with Crippen molar-refractivity contribution in [2.24, 2.45) is 5.73 Å². The van der Waals surface area contributed by atoms with Gasteiger partial charge in [0.25, 0.3) is 0 Å². The zero-order valence-electron chi connectivity index (χ0n) is 10.7. The van der Waals surface area contributed by atoms with Crippen LogP contribution in [0.3, 0.4) is 0 Å². The standard InChI is InChI=1S/C14H14F2N2O/c1-8-5-13(11(7-17)9(2)18-8)19-14-6-10(15)3-4-12(14)16/h3-6H,7,17H2,1-2H3. The van der Waals surface area contributed by atoms with E-state index in [0.29, 0.717) is 17.0 Å². The van der Waals surface area contributed by atoms with Crippen LogP contribution in [0.1, 0.15) is 17.0 Å². The Hall–Kier alpha value is -2.01. The Morgan fingerprint density at radius 1 is 1.16 bits per heavy atom. The van der Waals surface area contributed by atoms with Gasteiger partial charge in [0.1, 0.15) is 11.6 Å². The van der Waals surface area contributed by atoms with Gasteiger partial charge in [0.2, 0.25) is 0 Å². The van der Waals surface area contributed by atoms with E-state index in [4.69, 9.17) is 10.5 Å². The van der Waals surface area contributed by atoms with Crippen molar-refractivity contribution in [3.63, 3.8) is 0 Å². The first-order valence-corrected chi connectivity index (χ1v) is 5.81. The molecule has 1 aromatic heterocycles. The third-order valence-electron chi connectivity index (χ3n) is 2.74. The van der Waals surface area contributed by atoms with Gasteiger partial charge in [0.15, 0.2) is 11.6 Å². The summed E-state index contributed by atoms with van der Waals surface area (Å²) in [5, 5.41) is 0. The van der Waals surface area contributed by atoms with E-state index in [2.05, 4.69) is 4.98 Å². The van der Waals surface area contributed by atoms with Crippen molar-refractivity contribution in [3.05, 3.63) is 52.9 Å². The smallest absolute Gasteiger partial charge is 0.165 e. The van der Waals surface area contributed by atoms with Crippen molar-refractivity contribution in [3.8, 4) is 11.5 Å². The molecule has 2 rings (SSSR count). The Morgan fingerprint density at radius 3 is 2.58 bits per heavy atom. The summed E-state index contributed by atoms with van der Waals surface area (Å²) in [6.07, 6.45) is 0. The monoisotopic (exact) mass is 264 g/mol. The van der Waals surface area contributed by atoms with Gasteiger partial charge in [-0.15, -0.1) is 0 Å². The van der Waals surface area contributed by atoms with E-state index in [1.54, 1.807) is 19.9 Å². The molecule has 3 nitrogen and oxygen atoms in total. The Bertz CT molecular complexity index is 615. The first-order chi connectivity index (χ1) is 9.01. The van der Waals surface area contributed by atoms with Crippen molar-refractivity contribution < 1.29 is 13.5 Å². The summed E-state index contributed by atoms with van der Waals surface area (Å²) in [6.45, 7) is 3.80. The fraction of sp³-hybridized carbons (Fsp3) is 0.214. The highest BCUT2D eigenvalue weighted by Crippen LogP contribution is 2.29. The van der Waals surface area contributed by atoms with Crippen molar-refractivity contribution in [1.82, 2.24) is 4.98 Å². The average molecular weight is 264 g/mol. The SMILES string of the molecule is Cc1cc(Oc2cc(F)ccc2F)c(CN)c(C)n1. The minimum Gasteiger partial charge on any atom is -0.454 e. The molecule has 19 heavy (non-hydrogen) atoms. The topological polar surface area (TPSA) is 48.1 Å². The number of nitrogens with zero attached hydrogens (tertiary/aromatic N) is 1. The number of hydrogen-bond acceptors (Lipinski definition) is 3. The lowest BCUT2D eigenvalue weighted by atomic mass is 10.1. The maximum absolute atomic E-state index is 13.6. The number of hydrogen-bond donors (Lipinski definition) is 1. The molecule has 1 heterocycles. The fourth-order valence-electron chi connectivity index (χ4n) is 1.83. The molecular weight excluding hydrogens is 250 g/mol. The maximum Gasteiger partial charge on any atom is 0.165 e. The molecule has 0 atom stereocenters. The summed E-state index contributed by atoms with van der Waals surface area (Å²) in [5.41, 5.74) is 7.75. The van der Waals surface area contributed by atoms with Gasteiger partial charge in [0.05, 0.1) is 0 Å². The fourth-order valence-corrected chi connectivity index (χ4v) is 1.83. The van der Waals surface area contributed by atoms with Gasteiger partial charge in [-0.1, -0.05) is 0 Å². The molecule has 5 heteroatoms. The largest absolute Gasteiger partial charge is 0.454 e. The summed E-state index contributed by atoms with van der Waals surface area (Å²) < 4.78 is 32.1. The quantitative estimate of drug-likeness (QED) is 0.925. The van der Waals surface area contributed by atoms with Crippen LogP contribution in [-0.4, -0.2) is 4.98 Å². The number of halogens is 2. The number of aromatic nitrogens is 1. The molecular formula is C14H14F2N2O. The number of benzene rings is 1.